The van der Waals surface area contributed by atoms with Crippen LogP contribution in [0, 0.1) is 5.95 Å². The number of carbonyl (C=O) groups excluding carboxylic acids is 1. The molecule has 5 rings (SSSR count). The van der Waals surface area contributed by atoms with Crippen LogP contribution < -0.4 is 16.0 Å². The van der Waals surface area contributed by atoms with Crippen molar-refractivity contribution in [3.63, 3.8) is 0 Å². The SMILES string of the molecule is C[C@H]1CN(C)CCN1c1ccc(-c2cc(-c3ccc4c(c3)CCNC4=O)c(N)nc2F)cc1. The van der Waals surface area contributed by atoms with E-state index in [1.165, 1.54) is 0 Å². The van der Waals surface area contributed by atoms with Gasteiger partial charge in [-0.25, -0.2) is 4.98 Å². The molecule has 2 aliphatic heterocycles. The lowest BCUT2D eigenvalue weighted by Crippen LogP contribution is -2.50. The molecule has 1 saturated heterocycles. The summed E-state index contributed by atoms with van der Waals surface area (Å²) in [6.07, 6.45) is 0.752. The lowest BCUT2D eigenvalue weighted by Gasteiger charge is -2.39. The highest BCUT2D eigenvalue weighted by Gasteiger charge is 2.22. The molecule has 1 aromatic heterocycles. The number of fused-ring (bicyclic) bond motifs is 1. The standard InChI is InChI=1S/C26H28FN5O/c1-16-15-31(2)11-12-32(16)20-6-3-17(4-7-20)22-14-23(25(28)30-24(22)27)18-5-8-21-19(13-18)9-10-29-26(21)33/h3-8,13-14,16H,9-12,15H2,1-2H3,(H2,28,30)(H,29,33)/t16-/m0/s1. The van der Waals surface area contributed by atoms with Crippen LogP contribution in [0.5, 0.6) is 0 Å². The van der Waals surface area contributed by atoms with Gasteiger partial charge in [0.05, 0.1) is 0 Å². The van der Waals surface area contributed by atoms with Gasteiger partial charge in [0, 0.05) is 54.6 Å². The number of rotatable bonds is 3. The van der Waals surface area contributed by atoms with Crippen LogP contribution in [0.2, 0.25) is 0 Å². The first-order chi connectivity index (χ1) is 15.9. The van der Waals surface area contributed by atoms with Gasteiger partial charge >= 0.3 is 0 Å². The van der Waals surface area contributed by atoms with Crippen LogP contribution >= 0.6 is 0 Å². The zero-order valence-electron chi connectivity index (χ0n) is 18.9. The number of nitrogens with two attached hydrogens (primary N) is 1. The van der Waals surface area contributed by atoms with Crippen LogP contribution in [0.4, 0.5) is 15.9 Å². The molecule has 1 atom stereocenters. The average molecular weight is 446 g/mol. The summed E-state index contributed by atoms with van der Waals surface area (Å²) < 4.78 is 14.9. The molecule has 33 heavy (non-hydrogen) atoms. The number of benzene rings is 2. The van der Waals surface area contributed by atoms with Crippen LogP contribution in [0.3, 0.4) is 0 Å². The van der Waals surface area contributed by atoms with Crippen molar-refractivity contribution < 1.29 is 9.18 Å². The fourth-order valence-electron chi connectivity index (χ4n) is 4.89. The molecule has 1 fully saturated rings. The minimum absolute atomic E-state index is 0.0662. The van der Waals surface area contributed by atoms with Gasteiger partial charge in [0.25, 0.3) is 5.91 Å². The van der Waals surface area contributed by atoms with Crippen molar-refractivity contribution in [1.82, 2.24) is 15.2 Å². The van der Waals surface area contributed by atoms with E-state index in [-0.39, 0.29) is 11.7 Å². The lowest BCUT2D eigenvalue weighted by molar-refractivity contribution is 0.0946. The number of nitrogen functional groups attached to an aromatic ring is 1. The third kappa shape index (κ3) is 4.04. The number of nitrogens with one attached hydrogen (secondary N) is 1. The molecule has 0 bridgehead atoms. The number of carbonyl (C=O) groups is 1. The Morgan fingerprint density at radius 3 is 2.55 bits per heavy atom. The summed E-state index contributed by atoms with van der Waals surface area (Å²) in [7, 11) is 2.14. The Labute approximate surface area is 193 Å². The first kappa shape index (κ1) is 21.4. The molecule has 0 spiro atoms. The summed E-state index contributed by atoms with van der Waals surface area (Å²) in [5.74, 6) is -0.517. The van der Waals surface area contributed by atoms with Gasteiger partial charge in [0.1, 0.15) is 5.82 Å². The van der Waals surface area contributed by atoms with Gasteiger partial charge in [-0.3, -0.25) is 4.79 Å². The number of anilines is 2. The summed E-state index contributed by atoms with van der Waals surface area (Å²) in [6.45, 7) is 5.84. The van der Waals surface area contributed by atoms with Crippen LogP contribution in [0.25, 0.3) is 22.3 Å². The van der Waals surface area contributed by atoms with Crippen molar-refractivity contribution in [3.8, 4) is 22.3 Å². The first-order valence-corrected chi connectivity index (χ1v) is 11.3. The van der Waals surface area contributed by atoms with Gasteiger partial charge < -0.3 is 20.9 Å². The fraction of sp³-hybridized carbons (Fsp3) is 0.308. The van der Waals surface area contributed by atoms with Gasteiger partial charge in [0.2, 0.25) is 5.95 Å². The lowest BCUT2D eigenvalue weighted by atomic mass is 9.94. The maximum absolute atomic E-state index is 14.9. The van der Waals surface area contributed by atoms with Crippen molar-refractivity contribution in [2.45, 2.75) is 19.4 Å². The smallest absolute Gasteiger partial charge is 0.251 e. The fourth-order valence-corrected chi connectivity index (χ4v) is 4.89. The second-order valence-corrected chi connectivity index (χ2v) is 8.99. The zero-order valence-corrected chi connectivity index (χ0v) is 18.9. The van der Waals surface area contributed by atoms with Crippen molar-refractivity contribution in [1.29, 1.82) is 0 Å². The summed E-state index contributed by atoms with van der Waals surface area (Å²) in [6, 6.07) is 15.8. The third-order valence-corrected chi connectivity index (χ3v) is 6.69. The van der Waals surface area contributed by atoms with E-state index in [9.17, 15) is 9.18 Å². The van der Waals surface area contributed by atoms with Crippen molar-refractivity contribution in [3.05, 3.63) is 65.6 Å². The largest absolute Gasteiger partial charge is 0.383 e. The number of halogens is 1. The highest BCUT2D eigenvalue weighted by atomic mass is 19.1. The second kappa shape index (κ2) is 8.48. The summed E-state index contributed by atoms with van der Waals surface area (Å²) in [4.78, 5) is 20.8. The molecule has 0 aliphatic carbocycles. The number of pyridine rings is 1. The number of aromatic nitrogens is 1. The molecule has 0 saturated carbocycles. The normalized spacial score (nSPS) is 18.7. The first-order valence-electron chi connectivity index (χ1n) is 11.3. The van der Waals surface area contributed by atoms with Gasteiger partial charge in [-0.15, -0.1) is 0 Å². The number of piperazine rings is 1. The quantitative estimate of drug-likeness (QED) is 0.603. The average Bonchev–Trinajstić information content (AvgIpc) is 2.79. The Morgan fingerprint density at radius 2 is 1.79 bits per heavy atom. The highest BCUT2D eigenvalue weighted by molar-refractivity contribution is 5.97. The number of nitrogens with zero attached hydrogens (tertiary/aromatic N) is 3. The van der Waals surface area contributed by atoms with Gasteiger partial charge in [-0.05, 0) is 61.3 Å². The topological polar surface area (TPSA) is 74.5 Å². The van der Waals surface area contributed by atoms with E-state index in [4.69, 9.17) is 5.73 Å². The Bertz CT molecular complexity index is 1210. The maximum atomic E-state index is 14.9. The minimum atomic E-state index is -0.589. The molecule has 3 N–H and O–H groups in total. The second-order valence-electron chi connectivity index (χ2n) is 8.99. The van der Waals surface area contributed by atoms with Crippen LogP contribution in [0.15, 0.2) is 48.5 Å². The molecule has 0 unspecified atom stereocenters. The van der Waals surface area contributed by atoms with Crippen LogP contribution in [0.1, 0.15) is 22.8 Å². The van der Waals surface area contributed by atoms with Crippen molar-refractivity contribution in [2.24, 2.45) is 0 Å². The van der Waals surface area contributed by atoms with E-state index in [1.54, 1.807) is 12.1 Å². The summed E-state index contributed by atoms with van der Waals surface area (Å²) in [5.41, 5.74) is 11.5. The maximum Gasteiger partial charge on any atom is 0.251 e. The molecule has 1 amide bonds. The van der Waals surface area contributed by atoms with E-state index in [2.05, 4.69) is 34.1 Å². The zero-order chi connectivity index (χ0) is 23.1. The summed E-state index contributed by atoms with van der Waals surface area (Å²) in [5, 5.41) is 2.85. The van der Waals surface area contributed by atoms with Crippen LogP contribution in [-0.2, 0) is 6.42 Å². The van der Waals surface area contributed by atoms with E-state index in [0.29, 0.717) is 29.3 Å². The molecule has 3 heterocycles. The molecular formula is C26H28FN5O. The highest BCUT2D eigenvalue weighted by Crippen LogP contribution is 2.34. The van der Waals surface area contributed by atoms with Crippen LogP contribution in [-0.4, -0.2) is 55.1 Å². The molecule has 3 aromatic rings. The van der Waals surface area contributed by atoms with E-state index in [1.807, 2.05) is 36.4 Å². The number of amides is 1. The Kier molecular flexibility index (Phi) is 5.50. The number of hydrogen-bond acceptors (Lipinski definition) is 5. The predicted molar refractivity (Wildman–Crippen MR) is 130 cm³/mol. The molecule has 2 aliphatic rings. The van der Waals surface area contributed by atoms with Gasteiger partial charge in [-0.1, -0.05) is 24.3 Å². The molecule has 170 valence electrons. The van der Waals surface area contributed by atoms with Crippen molar-refractivity contribution >= 4 is 17.4 Å². The summed E-state index contributed by atoms with van der Waals surface area (Å²) >= 11 is 0. The minimum Gasteiger partial charge on any atom is -0.383 e. The predicted octanol–water partition coefficient (Wildman–Crippen LogP) is 3.56. The molecular weight excluding hydrogens is 417 g/mol. The Balaban J connectivity index is 1.48. The number of hydrogen-bond donors (Lipinski definition) is 2. The Morgan fingerprint density at radius 1 is 1.03 bits per heavy atom. The number of likely N-dealkylation sites (N-methyl/N-ethyl adjacent to an activating group) is 1. The molecule has 6 nitrogen and oxygen atoms in total. The molecule has 2 aromatic carbocycles. The van der Waals surface area contributed by atoms with E-state index >= 15 is 0 Å². The van der Waals surface area contributed by atoms with E-state index in [0.717, 1.165) is 48.4 Å². The third-order valence-electron chi connectivity index (χ3n) is 6.69. The molecule has 0 radical (unpaired) electrons. The Hall–Kier alpha value is -3.45. The molecule has 7 heteroatoms. The van der Waals surface area contributed by atoms with Gasteiger partial charge in [-0.2, -0.15) is 4.39 Å². The van der Waals surface area contributed by atoms with Gasteiger partial charge in [0.15, 0.2) is 0 Å². The van der Waals surface area contributed by atoms with Crippen molar-refractivity contribution in [2.75, 3.05) is 43.9 Å². The monoisotopic (exact) mass is 445 g/mol. The van der Waals surface area contributed by atoms with E-state index < -0.39 is 5.95 Å².